The molecule has 0 aromatic heterocycles. The summed E-state index contributed by atoms with van der Waals surface area (Å²) in [6.07, 6.45) is 0. The maximum Gasteiger partial charge on any atom is 0.466 e. The number of benzene rings is 1. The molecule has 0 radical (unpaired) electrons. The number of nitrogens with one attached hydrogen (secondary N) is 1. The van der Waals surface area contributed by atoms with Gasteiger partial charge in [0, 0.05) is 5.69 Å². The molecule has 6 nitrogen and oxygen atoms in total. The maximum absolute atomic E-state index is 8.88. The van der Waals surface area contributed by atoms with E-state index in [1.54, 1.807) is 0 Å². The number of nitrogen functional groups attached to an aromatic ring is 1. The summed E-state index contributed by atoms with van der Waals surface area (Å²) in [5.74, 6) is 5.83. The minimum absolute atomic E-state index is 0.559. The normalized spacial score (nSPS) is 10.7. The monoisotopic (exact) mass is 248 g/mol. The van der Waals surface area contributed by atoms with Gasteiger partial charge in [0.15, 0.2) is 0 Å². The van der Waals surface area contributed by atoms with E-state index in [1.165, 1.54) is 5.56 Å². The molecule has 0 fully saturated rings. The Hall–Kier alpha value is -0.910. The molecule has 0 unspecified atom stereocenters. The molecule has 6 N–H and O–H groups in total. The Kier molecular flexibility index (Phi) is 6.25. The Balaban J connectivity index is 0.000000385. The minimum atomic E-state index is -4.64. The molecule has 0 saturated carbocycles. The Morgan fingerprint density at radius 1 is 1.31 bits per heavy atom. The van der Waals surface area contributed by atoms with E-state index in [0.717, 1.165) is 5.69 Å². The van der Waals surface area contributed by atoms with Crippen molar-refractivity contribution in [3.8, 4) is 0 Å². The van der Waals surface area contributed by atoms with Crippen molar-refractivity contribution in [1.29, 1.82) is 0 Å². The lowest BCUT2D eigenvalue weighted by molar-refractivity contribution is 0.275. The molecule has 1 rings (SSSR count). The number of rotatable bonds is 2. The van der Waals surface area contributed by atoms with Gasteiger partial charge in [-0.25, -0.2) is 4.57 Å². The molecule has 0 aliphatic carbocycles. The van der Waals surface area contributed by atoms with Crippen molar-refractivity contribution >= 4 is 13.5 Å². The van der Waals surface area contributed by atoms with Crippen molar-refractivity contribution in [2.45, 2.75) is 19.8 Å². The first-order chi connectivity index (χ1) is 7.24. The van der Waals surface area contributed by atoms with E-state index in [-0.39, 0.29) is 0 Å². The van der Waals surface area contributed by atoms with Crippen LogP contribution in [0.15, 0.2) is 24.3 Å². The van der Waals surface area contributed by atoms with Crippen molar-refractivity contribution in [1.82, 2.24) is 0 Å². The van der Waals surface area contributed by atoms with Crippen LogP contribution < -0.4 is 11.3 Å². The molecule has 7 heteroatoms. The molecule has 0 atom stereocenters. The summed E-state index contributed by atoms with van der Waals surface area (Å²) in [5, 5.41) is 0. The van der Waals surface area contributed by atoms with Gasteiger partial charge >= 0.3 is 7.82 Å². The van der Waals surface area contributed by atoms with Crippen molar-refractivity contribution in [2.24, 2.45) is 5.84 Å². The van der Waals surface area contributed by atoms with Crippen LogP contribution in [-0.4, -0.2) is 14.7 Å². The Morgan fingerprint density at radius 2 is 1.81 bits per heavy atom. The number of nitrogens with two attached hydrogens (primary N) is 1. The van der Waals surface area contributed by atoms with Gasteiger partial charge in [-0.15, -0.1) is 0 Å². The zero-order chi connectivity index (χ0) is 12.8. The second-order valence-electron chi connectivity index (χ2n) is 3.44. The van der Waals surface area contributed by atoms with Crippen LogP contribution in [0.5, 0.6) is 0 Å². The van der Waals surface area contributed by atoms with Gasteiger partial charge in [-0.1, -0.05) is 26.0 Å². The predicted molar refractivity (Wildman–Crippen MR) is 62.6 cm³/mol. The summed E-state index contributed by atoms with van der Waals surface area (Å²) in [6, 6.07) is 8.12. The smallest absolute Gasteiger partial charge is 0.324 e. The van der Waals surface area contributed by atoms with Crippen LogP contribution in [0, 0.1) is 0 Å². The minimum Gasteiger partial charge on any atom is -0.324 e. The van der Waals surface area contributed by atoms with E-state index in [4.69, 9.17) is 25.1 Å². The zero-order valence-corrected chi connectivity index (χ0v) is 10.1. The highest BCUT2D eigenvalue weighted by atomic mass is 31.2. The largest absolute Gasteiger partial charge is 0.466 e. The summed E-state index contributed by atoms with van der Waals surface area (Å²) in [4.78, 5) is 21.6. The van der Waals surface area contributed by atoms with Crippen LogP contribution >= 0.6 is 7.82 Å². The highest BCUT2D eigenvalue weighted by molar-refractivity contribution is 7.45. The van der Waals surface area contributed by atoms with E-state index in [9.17, 15) is 0 Å². The fourth-order valence-corrected chi connectivity index (χ4v) is 0.988. The summed E-state index contributed by atoms with van der Waals surface area (Å²) in [5.41, 5.74) is 4.90. The molecule has 0 aliphatic heterocycles. The van der Waals surface area contributed by atoms with Gasteiger partial charge < -0.3 is 20.1 Å². The van der Waals surface area contributed by atoms with Gasteiger partial charge in [0.05, 0.1) is 0 Å². The summed E-state index contributed by atoms with van der Waals surface area (Å²) >= 11 is 0. The van der Waals surface area contributed by atoms with Gasteiger partial charge in [0.25, 0.3) is 0 Å². The predicted octanol–water partition coefficient (Wildman–Crippen LogP) is 1.17. The van der Waals surface area contributed by atoms with E-state index < -0.39 is 7.82 Å². The average Bonchev–Trinajstić information content (AvgIpc) is 2.15. The molecule has 0 bridgehead atoms. The molecule has 0 amide bonds. The van der Waals surface area contributed by atoms with Crippen LogP contribution in [0.2, 0.25) is 0 Å². The third-order valence-corrected chi connectivity index (χ3v) is 1.72. The van der Waals surface area contributed by atoms with Gasteiger partial charge in [-0.05, 0) is 23.6 Å². The van der Waals surface area contributed by atoms with Gasteiger partial charge in [0.1, 0.15) is 0 Å². The fourth-order valence-electron chi connectivity index (χ4n) is 0.988. The number of phosphoric acid groups is 1. The Labute approximate surface area is 94.3 Å². The van der Waals surface area contributed by atoms with Crippen LogP contribution in [-0.2, 0) is 4.57 Å². The molecule has 92 valence electrons. The van der Waals surface area contributed by atoms with E-state index in [0.29, 0.717) is 5.92 Å². The SMILES string of the molecule is CC(C)c1cccc(NN)c1.O=P(O)(O)O. The van der Waals surface area contributed by atoms with Crippen LogP contribution in [0.3, 0.4) is 0 Å². The third kappa shape index (κ3) is 8.40. The average molecular weight is 248 g/mol. The molecular weight excluding hydrogens is 231 g/mol. The standard InChI is InChI=1S/C9H14N2.H3O4P/c1-7(2)8-4-3-5-9(6-8)11-10;1-5(2,3)4/h3-7,11H,10H2,1-2H3;(H3,1,2,3,4). The number of hydrogen-bond acceptors (Lipinski definition) is 3. The summed E-state index contributed by atoms with van der Waals surface area (Å²) in [6.45, 7) is 4.32. The Bertz CT molecular complexity index is 356. The zero-order valence-electron chi connectivity index (χ0n) is 9.16. The first kappa shape index (κ1) is 15.1. The molecule has 16 heavy (non-hydrogen) atoms. The third-order valence-electron chi connectivity index (χ3n) is 1.72. The number of anilines is 1. The molecule has 0 aliphatic rings. The molecule has 1 aromatic rings. The molecule has 0 saturated heterocycles. The lowest BCUT2D eigenvalue weighted by Crippen LogP contribution is -2.06. The molecule has 0 spiro atoms. The second kappa shape index (κ2) is 6.62. The van der Waals surface area contributed by atoms with Gasteiger partial charge in [-0.2, -0.15) is 0 Å². The lowest BCUT2D eigenvalue weighted by Gasteiger charge is -2.06. The summed E-state index contributed by atoms with van der Waals surface area (Å²) in [7, 11) is -4.64. The first-order valence-corrected chi connectivity index (χ1v) is 6.15. The Morgan fingerprint density at radius 3 is 2.19 bits per heavy atom. The van der Waals surface area contributed by atoms with Gasteiger partial charge in [0.2, 0.25) is 0 Å². The topological polar surface area (TPSA) is 116 Å². The fraction of sp³-hybridized carbons (Fsp3) is 0.333. The van der Waals surface area contributed by atoms with Crippen molar-refractivity contribution in [2.75, 3.05) is 5.43 Å². The quantitative estimate of drug-likeness (QED) is 0.305. The van der Waals surface area contributed by atoms with Crippen LogP contribution in [0.25, 0.3) is 0 Å². The van der Waals surface area contributed by atoms with Crippen molar-refractivity contribution < 1.29 is 19.2 Å². The highest BCUT2D eigenvalue weighted by Crippen LogP contribution is 2.25. The van der Waals surface area contributed by atoms with Crippen molar-refractivity contribution in [3.05, 3.63) is 29.8 Å². The first-order valence-electron chi connectivity index (χ1n) is 4.59. The van der Waals surface area contributed by atoms with E-state index in [1.807, 2.05) is 12.1 Å². The maximum atomic E-state index is 8.88. The second-order valence-corrected chi connectivity index (χ2v) is 4.46. The molecule has 1 aromatic carbocycles. The van der Waals surface area contributed by atoms with E-state index >= 15 is 0 Å². The van der Waals surface area contributed by atoms with E-state index in [2.05, 4.69) is 31.4 Å². The van der Waals surface area contributed by atoms with Crippen LogP contribution in [0.1, 0.15) is 25.3 Å². The molecule has 0 heterocycles. The van der Waals surface area contributed by atoms with Crippen LogP contribution in [0.4, 0.5) is 5.69 Å². The highest BCUT2D eigenvalue weighted by Gasteiger charge is 2.00. The summed E-state index contributed by atoms with van der Waals surface area (Å²) < 4.78 is 8.88. The number of hydrogen-bond donors (Lipinski definition) is 5. The molecular formula is C9H17N2O4P. The lowest BCUT2D eigenvalue weighted by atomic mass is 10.0. The van der Waals surface area contributed by atoms with Crippen molar-refractivity contribution in [3.63, 3.8) is 0 Å². The van der Waals surface area contributed by atoms with Gasteiger partial charge in [-0.3, -0.25) is 5.84 Å². The number of hydrazine groups is 1.